The van der Waals surface area contributed by atoms with Crippen LogP contribution in [-0.4, -0.2) is 31.3 Å². The molecule has 1 N–H and O–H groups in total. The molecule has 0 spiro atoms. The van der Waals surface area contributed by atoms with Crippen LogP contribution in [-0.2, 0) is 16.1 Å². The number of rotatable bonds is 7. The number of aromatic nitrogens is 1. The normalized spacial score (nSPS) is 18.7. The third-order valence-electron chi connectivity index (χ3n) is 3.09. The first-order valence-corrected chi connectivity index (χ1v) is 7.22. The van der Waals surface area contributed by atoms with Crippen LogP contribution in [0.15, 0.2) is 12.1 Å². The van der Waals surface area contributed by atoms with Gasteiger partial charge in [-0.15, -0.1) is 0 Å². The van der Waals surface area contributed by atoms with Gasteiger partial charge in [0.1, 0.15) is 5.82 Å². The van der Waals surface area contributed by atoms with E-state index in [0.717, 1.165) is 44.1 Å². The van der Waals surface area contributed by atoms with Crippen molar-refractivity contribution in [3.8, 4) is 0 Å². The summed E-state index contributed by atoms with van der Waals surface area (Å²) in [5, 5.41) is 3.91. The molecule has 1 aliphatic rings. The molecule has 4 nitrogen and oxygen atoms in total. The molecule has 0 radical (unpaired) electrons. The molecule has 2 heterocycles. The molecule has 1 atom stereocenters. The van der Waals surface area contributed by atoms with Crippen LogP contribution < -0.4 is 5.32 Å². The van der Waals surface area contributed by atoms with Gasteiger partial charge in [0, 0.05) is 19.1 Å². The molecular weight excluding hydrogens is 264 g/mol. The van der Waals surface area contributed by atoms with Gasteiger partial charge in [-0.25, -0.2) is 4.98 Å². The zero-order chi connectivity index (χ0) is 13.5. The van der Waals surface area contributed by atoms with Crippen LogP contribution in [0.5, 0.6) is 0 Å². The molecule has 1 fully saturated rings. The van der Waals surface area contributed by atoms with Crippen LogP contribution in [0.4, 0.5) is 5.82 Å². The third kappa shape index (κ3) is 4.64. The number of nitrogens with one attached hydrogen (secondary N) is 1. The van der Waals surface area contributed by atoms with E-state index >= 15 is 0 Å². The zero-order valence-electron chi connectivity index (χ0n) is 11.3. The maximum absolute atomic E-state index is 6.13. The molecule has 1 unspecified atom stereocenters. The zero-order valence-corrected chi connectivity index (χ0v) is 12.1. The van der Waals surface area contributed by atoms with E-state index in [0.29, 0.717) is 24.2 Å². The maximum atomic E-state index is 6.13. The first-order valence-electron chi connectivity index (χ1n) is 6.84. The molecule has 0 aliphatic carbocycles. The SMILES string of the molecule is CCCNc1ccc(Cl)c(COCC2CCOC2)n1. The summed E-state index contributed by atoms with van der Waals surface area (Å²) in [4.78, 5) is 4.47. The van der Waals surface area contributed by atoms with Crippen molar-refractivity contribution < 1.29 is 9.47 Å². The Labute approximate surface area is 119 Å². The number of ether oxygens (including phenoxy) is 2. The highest BCUT2D eigenvalue weighted by atomic mass is 35.5. The fourth-order valence-corrected chi connectivity index (χ4v) is 2.13. The van der Waals surface area contributed by atoms with E-state index in [1.54, 1.807) is 0 Å². The van der Waals surface area contributed by atoms with E-state index < -0.39 is 0 Å². The number of halogens is 1. The summed E-state index contributed by atoms with van der Waals surface area (Å²) in [5.41, 5.74) is 0.793. The standard InChI is InChI=1S/C14H21ClN2O2/c1-2-6-16-14-4-3-12(15)13(17-14)10-19-9-11-5-7-18-8-11/h3-4,11H,2,5-10H2,1H3,(H,16,17). The monoisotopic (exact) mass is 284 g/mol. The molecule has 1 saturated heterocycles. The van der Waals surface area contributed by atoms with Crippen molar-refractivity contribution in [2.24, 2.45) is 5.92 Å². The average molecular weight is 285 g/mol. The highest BCUT2D eigenvalue weighted by Gasteiger charge is 2.16. The van der Waals surface area contributed by atoms with Crippen LogP contribution in [0.3, 0.4) is 0 Å². The Morgan fingerprint density at radius 2 is 2.42 bits per heavy atom. The van der Waals surface area contributed by atoms with Crippen molar-refractivity contribution in [2.45, 2.75) is 26.4 Å². The van der Waals surface area contributed by atoms with Gasteiger partial charge >= 0.3 is 0 Å². The second kappa shape index (κ2) is 7.68. The largest absolute Gasteiger partial charge is 0.381 e. The quantitative estimate of drug-likeness (QED) is 0.835. The molecule has 106 valence electrons. The predicted octanol–water partition coefficient (Wildman–Crippen LogP) is 3.11. The Hall–Kier alpha value is -0.840. The Balaban J connectivity index is 1.83. The van der Waals surface area contributed by atoms with Gasteiger partial charge in [0.05, 0.1) is 30.5 Å². The lowest BCUT2D eigenvalue weighted by Gasteiger charge is -2.11. The molecule has 5 heteroatoms. The van der Waals surface area contributed by atoms with Crippen molar-refractivity contribution in [3.63, 3.8) is 0 Å². The van der Waals surface area contributed by atoms with Crippen LogP contribution >= 0.6 is 11.6 Å². The van der Waals surface area contributed by atoms with E-state index in [9.17, 15) is 0 Å². The number of nitrogens with zero attached hydrogens (tertiary/aromatic N) is 1. The minimum absolute atomic E-state index is 0.455. The smallest absolute Gasteiger partial charge is 0.126 e. The number of pyridine rings is 1. The Morgan fingerprint density at radius 3 is 3.16 bits per heavy atom. The molecule has 0 bridgehead atoms. The van der Waals surface area contributed by atoms with Crippen molar-refractivity contribution in [1.82, 2.24) is 4.98 Å². The average Bonchev–Trinajstić information content (AvgIpc) is 2.92. The molecule has 1 aliphatic heterocycles. The summed E-state index contributed by atoms with van der Waals surface area (Å²) < 4.78 is 11.0. The molecule has 0 aromatic carbocycles. The molecular formula is C14H21ClN2O2. The van der Waals surface area contributed by atoms with E-state index in [1.165, 1.54) is 0 Å². The molecule has 1 aromatic heterocycles. The fraction of sp³-hybridized carbons (Fsp3) is 0.643. The Morgan fingerprint density at radius 1 is 1.53 bits per heavy atom. The van der Waals surface area contributed by atoms with Crippen LogP contribution in [0.1, 0.15) is 25.5 Å². The molecule has 2 rings (SSSR count). The summed E-state index contributed by atoms with van der Waals surface area (Å²) in [6.45, 7) is 5.86. The second-order valence-electron chi connectivity index (χ2n) is 4.80. The van der Waals surface area contributed by atoms with Crippen molar-refractivity contribution >= 4 is 17.4 Å². The third-order valence-corrected chi connectivity index (χ3v) is 3.44. The van der Waals surface area contributed by atoms with E-state index in [4.69, 9.17) is 21.1 Å². The molecule has 0 amide bonds. The van der Waals surface area contributed by atoms with Gasteiger partial charge in [0.15, 0.2) is 0 Å². The lowest BCUT2D eigenvalue weighted by atomic mass is 10.1. The number of hydrogen-bond acceptors (Lipinski definition) is 4. The van der Waals surface area contributed by atoms with Crippen LogP contribution in [0.25, 0.3) is 0 Å². The van der Waals surface area contributed by atoms with E-state index in [-0.39, 0.29) is 0 Å². The number of anilines is 1. The molecule has 0 saturated carbocycles. The van der Waals surface area contributed by atoms with Gasteiger partial charge in [0.25, 0.3) is 0 Å². The van der Waals surface area contributed by atoms with Crippen LogP contribution in [0.2, 0.25) is 5.02 Å². The Bertz CT molecular complexity index is 395. The first kappa shape index (κ1) is 14.6. The lowest BCUT2D eigenvalue weighted by Crippen LogP contribution is -2.10. The molecule has 1 aromatic rings. The summed E-state index contributed by atoms with van der Waals surface area (Å²) in [6, 6.07) is 3.76. The highest BCUT2D eigenvalue weighted by molar-refractivity contribution is 6.31. The summed E-state index contributed by atoms with van der Waals surface area (Å²) in [5.74, 6) is 1.37. The summed E-state index contributed by atoms with van der Waals surface area (Å²) >= 11 is 6.13. The minimum Gasteiger partial charge on any atom is -0.381 e. The topological polar surface area (TPSA) is 43.4 Å². The first-order chi connectivity index (χ1) is 9.29. The van der Waals surface area contributed by atoms with E-state index in [1.807, 2.05) is 12.1 Å². The lowest BCUT2D eigenvalue weighted by molar-refractivity contribution is 0.0774. The van der Waals surface area contributed by atoms with Crippen molar-refractivity contribution in [2.75, 3.05) is 31.7 Å². The van der Waals surface area contributed by atoms with Crippen LogP contribution in [0, 0.1) is 5.92 Å². The van der Waals surface area contributed by atoms with Crippen molar-refractivity contribution in [1.29, 1.82) is 0 Å². The highest BCUT2D eigenvalue weighted by Crippen LogP contribution is 2.19. The molecule has 19 heavy (non-hydrogen) atoms. The fourth-order valence-electron chi connectivity index (χ4n) is 1.97. The number of hydrogen-bond donors (Lipinski definition) is 1. The summed E-state index contributed by atoms with van der Waals surface area (Å²) in [6.07, 6.45) is 2.15. The maximum Gasteiger partial charge on any atom is 0.126 e. The van der Waals surface area contributed by atoms with Gasteiger partial charge in [-0.3, -0.25) is 0 Å². The van der Waals surface area contributed by atoms with Crippen molar-refractivity contribution in [3.05, 3.63) is 22.8 Å². The second-order valence-corrected chi connectivity index (χ2v) is 5.20. The predicted molar refractivity (Wildman–Crippen MR) is 76.6 cm³/mol. The Kier molecular flexibility index (Phi) is 5.89. The summed E-state index contributed by atoms with van der Waals surface area (Å²) in [7, 11) is 0. The minimum atomic E-state index is 0.455. The van der Waals surface area contributed by atoms with Gasteiger partial charge < -0.3 is 14.8 Å². The van der Waals surface area contributed by atoms with Gasteiger partial charge in [-0.1, -0.05) is 18.5 Å². The van der Waals surface area contributed by atoms with E-state index in [2.05, 4.69) is 17.2 Å². The van der Waals surface area contributed by atoms with Gasteiger partial charge in [-0.05, 0) is 25.0 Å². The van der Waals surface area contributed by atoms with Gasteiger partial charge in [-0.2, -0.15) is 0 Å². The van der Waals surface area contributed by atoms with Gasteiger partial charge in [0.2, 0.25) is 0 Å².